The minimum atomic E-state index is -4.50. The summed E-state index contributed by atoms with van der Waals surface area (Å²) in [6, 6.07) is 5.55. The Labute approximate surface area is 151 Å². The molecule has 0 unspecified atom stereocenters. The fourth-order valence-electron chi connectivity index (χ4n) is 2.06. The number of para-hydroxylation sites is 1. The highest BCUT2D eigenvalue weighted by Gasteiger charge is 2.35. The van der Waals surface area contributed by atoms with Crippen LogP contribution in [0.1, 0.15) is 24.5 Å². The van der Waals surface area contributed by atoms with E-state index in [0.29, 0.717) is 5.69 Å². The van der Waals surface area contributed by atoms with Crippen molar-refractivity contribution in [1.82, 2.24) is 9.97 Å². The van der Waals surface area contributed by atoms with Crippen molar-refractivity contribution in [1.29, 1.82) is 0 Å². The van der Waals surface area contributed by atoms with E-state index in [1.165, 1.54) is 7.05 Å². The molecule has 0 aliphatic heterocycles. The Balaban J connectivity index is 0.000000765. The molecule has 0 atom stereocenters. The molecule has 3 N–H and O–H groups in total. The summed E-state index contributed by atoms with van der Waals surface area (Å²) in [7, 11) is 3.15. The SMILES string of the molecule is C#CCC.CNc1nc(Nc2cccc(C)c2NC)ncc1C(F)(F)F. The number of aryl methyl sites for hydroxylation is 1. The van der Waals surface area contributed by atoms with E-state index in [2.05, 4.69) is 31.8 Å². The summed E-state index contributed by atoms with van der Waals surface area (Å²) in [6.45, 7) is 3.86. The molecule has 1 aromatic heterocycles. The third kappa shape index (κ3) is 5.55. The van der Waals surface area contributed by atoms with Gasteiger partial charge < -0.3 is 16.0 Å². The average Bonchev–Trinajstić information content (AvgIpc) is 2.61. The lowest BCUT2D eigenvalue weighted by atomic mass is 10.1. The number of halogens is 3. The molecule has 0 saturated heterocycles. The number of rotatable bonds is 4. The van der Waals surface area contributed by atoms with Gasteiger partial charge in [-0.2, -0.15) is 18.2 Å². The Morgan fingerprint density at radius 3 is 2.35 bits per heavy atom. The average molecular weight is 365 g/mol. The molecule has 8 heteroatoms. The molecule has 5 nitrogen and oxygen atoms in total. The molecule has 2 aromatic rings. The van der Waals surface area contributed by atoms with E-state index in [0.717, 1.165) is 23.9 Å². The zero-order valence-corrected chi connectivity index (χ0v) is 15.1. The second-order valence-corrected chi connectivity index (χ2v) is 5.13. The monoisotopic (exact) mass is 365 g/mol. The van der Waals surface area contributed by atoms with Gasteiger partial charge in [-0.15, -0.1) is 12.3 Å². The molecular weight excluding hydrogens is 343 g/mol. The molecule has 140 valence electrons. The van der Waals surface area contributed by atoms with Crippen molar-refractivity contribution in [3.05, 3.63) is 35.5 Å². The smallest absolute Gasteiger partial charge is 0.386 e. The quantitative estimate of drug-likeness (QED) is 0.688. The minimum Gasteiger partial charge on any atom is -0.386 e. The molecule has 0 saturated carbocycles. The third-order valence-corrected chi connectivity index (χ3v) is 3.30. The Morgan fingerprint density at radius 2 is 1.85 bits per heavy atom. The molecule has 2 rings (SSSR count). The van der Waals surface area contributed by atoms with Crippen LogP contribution in [0.15, 0.2) is 24.4 Å². The van der Waals surface area contributed by atoms with Crippen LogP contribution in [0.4, 0.5) is 36.3 Å². The highest BCUT2D eigenvalue weighted by Crippen LogP contribution is 2.34. The van der Waals surface area contributed by atoms with Crippen LogP contribution < -0.4 is 16.0 Å². The van der Waals surface area contributed by atoms with Gasteiger partial charge in [0.05, 0.1) is 11.4 Å². The first-order valence-corrected chi connectivity index (χ1v) is 7.88. The fourth-order valence-corrected chi connectivity index (χ4v) is 2.06. The van der Waals surface area contributed by atoms with Gasteiger partial charge in [0.2, 0.25) is 5.95 Å². The maximum Gasteiger partial charge on any atom is 0.421 e. The number of alkyl halides is 3. The molecule has 0 amide bonds. The van der Waals surface area contributed by atoms with Crippen LogP contribution in [0.3, 0.4) is 0 Å². The number of aromatic nitrogens is 2. The molecule has 0 aliphatic carbocycles. The summed E-state index contributed by atoms with van der Waals surface area (Å²) in [4.78, 5) is 7.62. The van der Waals surface area contributed by atoms with E-state index in [9.17, 15) is 13.2 Å². The van der Waals surface area contributed by atoms with Crippen LogP contribution in [0.5, 0.6) is 0 Å². The number of hydrogen-bond acceptors (Lipinski definition) is 5. The van der Waals surface area contributed by atoms with Gasteiger partial charge in [0.15, 0.2) is 0 Å². The van der Waals surface area contributed by atoms with Crippen molar-refractivity contribution >= 4 is 23.1 Å². The number of terminal acetylenes is 1. The van der Waals surface area contributed by atoms with Crippen LogP contribution in [0.25, 0.3) is 0 Å². The van der Waals surface area contributed by atoms with E-state index in [-0.39, 0.29) is 11.8 Å². The van der Waals surface area contributed by atoms with Crippen molar-refractivity contribution in [2.24, 2.45) is 0 Å². The minimum absolute atomic E-state index is 0.0828. The van der Waals surface area contributed by atoms with E-state index in [4.69, 9.17) is 6.42 Å². The second-order valence-electron chi connectivity index (χ2n) is 5.13. The van der Waals surface area contributed by atoms with Gasteiger partial charge in [0.1, 0.15) is 11.4 Å². The first-order chi connectivity index (χ1) is 12.3. The maximum atomic E-state index is 12.8. The lowest BCUT2D eigenvalue weighted by molar-refractivity contribution is -0.137. The number of anilines is 4. The molecule has 0 spiro atoms. The predicted molar refractivity (Wildman–Crippen MR) is 99.7 cm³/mol. The zero-order chi connectivity index (χ0) is 19.7. The van der Waals surface area contributed by atoms with E-state index in [1.54, 1.807) is 13.1 Å². The largest absolute Gasteiger partial charge is 0.421 e. The van der Waals surface area contributed by atoms with Crippen LogP contribution in [0, 0.1) is 19.3 Å². The van der Waals surface area contributed by atoms with Crippen molar-refractivity contribution in [2.75, 3.05) is 30.0 Å². The van der Waals surface area contributed by atoms with E-state index in [1.807, 2.05) is 26.0 Å². The number of nitrogens with one attached hydrogen (secondary N) is 3. The standard InChI is InChI=1S/C14H16F3N5.C4H6/c1-8-5-4-6-10(11(8)18-2)21-13-20-7-9(14(15,16)17)12(19-3)22-13;1-3-4-2/h4-7,18H,1-3H3,(H2,19,20,21,22);1H,4H2,2H3. The fraction of sp³-hybridized carbons (Fsp3) is 0.333. The Kier molecular flexibility index (Phi) is 7.72. The Hall–Kier alpha value is -2.95. The molecule has 26 heavy (non-hydrogen) atoms. The number of hydrogen-bond donors (Lipinski definition) is 3. The lowest BCUT2D eigenvalue weighted by Crippen LogP contribution is -2.12. The van der Waals surface area contributed by atoms with Gasteiger partial charge >= 0.3 is 6.18 Å². The van der Waals surface area contributed by atoms with Gasteiger partial charge in [-0.3, -0.25) is 0 Å². The molecule has 0 fully saturated rings. The maximum absolute atomic E-state index is 12.8. The summed E-state index contributed by atoms with van der Waals surface area (Å²) in [5.74, 6) is 2.24. The zero-order valence-electron chi connectivity index (χ0n) is 15.1. The normalized spacial score (nSPS) is 10.2. The molecule has 1 heterocycles. The summed E-state index contributed by atoms with van der Waals surface area (Å²) in [5.41, 5.74) is 1.60. The predicted octanol–water partition coefficient (Wildman–Crippen LogP) is 4.66. The third-order valence-electron chi connectivity index (χ3n) is 3.30. The van der Waals surface area contributed by atoms with Crippen molar-refractivity contribution < 1.29 is 13.2 Å². The number of nitrogens with zero attached hydrogens (tertiary/aromatic N) is 2. The van der Waals surface area contributed by atoms with Crippen LogP contribution >= 0.6 is 0 Å². The van der Waals surface area contributed by atoms with E-state index >= 15 is 0 Å². The summed E-state index contributed by atoms with van der Waals surface area (Å²) < 4.78 is 38.4. The van der Waals surface area contributed by atoms with Gasteiger partial charge in [0.25, 0.3) is 0 Å². The first kappa shape index (κ1) is 21.1. The second kappa shape index (κ2) is 9.51. The first-order valence-electron chi connectivity index (χ1n) is 7.88. The van der Waals surface area contributed by atoms with Crippen LogP contribution in [-0.4, -0.2) is 24.1 Å². The molecule has 1 aromatic carbocycles. The summed E-state index contributed by atoms with van der Waals surface area (Å²) >= 11 is 0. The Morgan fingerprint density at radius 1 is 1.19 bits per heavy atom. The highest BCUT2D eigenvalue weighted by atomic mass is 19.4. The van der Waals surface area contributed by atoms with Crippen LogP contribution in [-0.2, 0) is 6.18 Å². The molecular formula is C18H22F3N5. The van der Waals surface area contributed by atoms with Crippen molar-refractivity contribution in [3.8, 4) is 12.3 Å². The van der Waals surface area contributed by atoms with Gasteiger partial charge in [-0.25, -0.2) is 4.98 Å². The highest BCUT2D eigenvalue weighted by molar-refractivity contribution is 5.75. The molecule has 0 aliphatic rings. The van der Waals surface area contributed by atoms with Crippen molar-refractivity contribution in [3.63, 3.8) is 0 Å². The van der Waals surface area contributed by atoms with Crippen LogP contribution in [0.2, 0.25) is 0 Å². The lowest BCUT2D eigenvalue weighted by Gasteiger charge is -2.15. The van der Waals surface area contributed by atoms with Gasteiger partial charge in [0, 0.05) is 26.7 Å². The van der Waals surface area contributed by atoms with Crippen molar-refractivity contribution in [2.45, 2.75) is 26.4 Å². The summed E-state index contributed by atoms with van der Waals surface area (Å²) in [6.07, 6.45) is 1.88. The molecule has 0 bridgehead atoms. The number of benzene rings is 1. The molecule has 0 radical (unpaired) electrons. The topological polar surface area (TPSA) is 61.9 Å². The summed E-state index contributed by atoms with van der Waals surface area (Å²) in [5, 5.41) is 8.40. The van der Waals surface area contributed by atoms with Gasteiger partial charge in [-0.05, 0) is 18.6 Å². The Bertz CT molecular complexity index is 766. The van der Waals surface area contributed by atoms with Gasteiger partial charge in [-0.1, -0.05) is 19.1 Å². The van der Waals surface area contributed by atoms with E-state index < -0.39 is 11.7 Å².